The summed E-state index contributed by atoms with van der Waals surface area (Å²) in [6.45, 7) is 2.04. The smallest absolute Gasteiger partial charge is 0.163 e. The van der Waals surface area contributed by atoms with E-state index in [0.29, 0.717) is 5.82 Å². The third-order valence-corrected chi connectivity index (χ3v) is 3.36. The Morgan fingerprint density at radius 3 is 2.88 bits per heavy atom. The first-order valence-electron chi connectivity index (χ1n) is 5.86. The summed E-state index contributed by atoms with van der Waals surface area (Å²) in [5.74, 6) is 0.484. The third kappa shape index (κ3) is 1.48. The highest BCUT2D eigenvalue weighted by Crippen LogP contribution is 2.35. The van der Waals surface area contributed by atoms with Gasteiger partial charge < -0.3 is 10.8 Å². The molecule has 6 nitrogen and oxygen atoms in total. The van der Waals surface area contributed by atoms with Crippen molar-refractivity contribution in [2.24, 2.45) is 0 Å². The van der Waals surface area contributed by atoms with Gasteiger partial charge in [0, 0.05) is 0 Å². The number of fused-ring (bicyclic) bond motifs is 1. The van der Waals surface area contributed by atoms with Crippen molar-refractivity contribution in [3.63, 3.8) is 0 Å². The van der Waals surface area contributed by atoms with Crippen molar-refractivity contribution in [2.75, 3.05) is 5.73 Å². The average Bonchev–Trinajstić information content (AvgIpc) is 2.65. The van der Waals surface area contributed by atoms with Crippen LogP contribution in [0.25, 0.3) is 11.0 Å². The van der Waals surface area contributed by atoms with Crippen molar-refractivity contribution in [1.82, 2.24) is 19.7 Å². The largest absolute Gasteiger partial charge is 0.393 e. The van der Waals surface area contributed by atoms with Gasteiger partial charge in [-0.05, 0) is 19.3 Å². The summed E-state index contributed by atoms with van der Waals surface area (Å²) >= 11 is 0. The molecule has 0 aromatic carbocycles. The molecule has 3 N–H and O–H groups in total. The standard InChI is InChI=1S/C11H15N5O/c1-2-8-9-10(12)13-5-14-11(9)16(15-8)6-3-7(17)4-6/h5-7,17H,2-4H2,1H3,(H2,12,13,14). The second-order valence-corrected chi connectivity index (χ2v) is 4.48. The van der Waals surface area contributed by atoms with Gasteiger partial charge >= 0.3 is 0 Å². The predicted octanol–water partition coefficient (Wildman–Crippen LogP) is 0.667. The van der Waals surface area contributed by atoms with E-state index in [1.807, 2.05) is 11.6 Å². The van der Waals surface area contributed by atoms with Crippen molar-refractivity contribution in [2.45, 2.75) is 38.3 Å². The van der Waals surface area contributed by atoms with Gasteiger partial charge in [0.25, 0.3) is 0 Å². The van der Waals surface area contributed by atoms with Gasteiger partial charge in [0.15, 0.2) is 5.65 Å². The van der Waals surface area contributed by atoms with E-state index in [4.69, 9.17) is 5.73 Å². The van der Waals surface area contributed by atoms with E-state index in [1.54, 1.807) is 0 Å². The molecule has 1 aliphatic rings. The second-order valence-electron chi connectivity index (χ2n) is 4.48. The summed E-state index contributed by atoms with van der Waals surface area (Å²) in [5, 5.41) is 14.8. The molecule has 0 radical (unpaired) electrons. The monoisotopic (exact) mass is 233 g/mol. The van der Waals surface area contributed by atoms with Crippen LogP contribution in [0.3, 0.4) is 0 Å². The zero-order valence-corrected chi connectivity index (χ0v) is 9.67. The Bertz CT molecular complexity index is 558. The fourth-order valence-corrected chi connectivity index (χ4v) is 2.33. The van der Waals surface area contributed by atoms with Crippen LogP contribution in [-0.2, 0) is 6.42 Å². The Morgan fingerprint density at radius 1 is 1.47 bits per heavy atom. The number of hydrogen-bond acceptors (Lipinski definition) is 5. The first-order valence-corrected chi connectivity index (χ1v) is 5.86. The Morgan fingerprint density at radius 2 is 2.24 bits per heavy atom. The summed E-state index contributed by atoms with van der Waals surface area (Å²) in [7, 11) is 0. The normalized spacial score (nSPS) is 23.9. The zero-order valence-electron chi connectivity index (χ0n) is 9.67. The van der Waals surface area contributed by atoms with E-state index in [1.165, 1.54) is 6.33 Å². The maximum Gasteiger partial charge on any atom is 0.163 e. The van der Waals surface area contributed by atoms with Crippen molar-refractivity contribution in [3.05, 3.63) is 12.0 Å². The molecule has 0 aliphatic heterocycles. The number of aliphatic hydroxyl groups excluding tert-OH is 1. The van der Waals surface area contributed by atoms with Gasteiger partial charge in [-0.1, -0.05) is 6.92 Å². The average molecular weight is 233 g/mol. The number of nitrogen functional groups attached to an aromatic ring is 1. The lowest BCUT2D eigenvalue weighted by Gasteiger charge is -2.31. The minimum Gasteiger partial charge on any atom is -0.393 e. The van der Waals surface area contributed by atoms with Crippen molar-refractivity contribution >= 4 is 16.9 Å². The van der Waals surface area contributed by atoms with Gasteiger partial charge in [0.2, 0.25) is 0 Å². The molecule has 1 aliphatic carbocycles. The molecule has 2 aromatic rings. The quantitative estimate of drug-likeness (QED) is 0.795. The predicted molar refractivity (Wildman–Crippen MR) is 63.4 cm³/mol. The minimum absolute atomic E-state index is 0.205. The number of aryl methyl sites for hydroxylation is 1. The molecule has 0 amide bonds. The number of rotatable bonds is 2. The molecule has 1 saturated carbocycles. The molecule has 0 bridgehead atoms. The first kappa shape index (κ1) is 10.5. The highest BCUT2D eigenvalue weighted by atomic mass is 16.3. The number of nitrogens with two attached hydrogens (primary N) is 1. The molecule has 0 spiro atoms. The summed E-state index contributed by atoms with van der Waals surface area (Å²) < 4.78 is 1.89. The molecule has 0 atom stereocenters. The van der Waals surface area contributed by atoms with Gasteiger partial charge in [-0.25, -0.2) is 14.6 Å². The summed E-state index contributed by atoms with van der Waals surface area (Å²) in [6.07, 6.45) is 3.54. The van der Waals surface area contributed by atoms with Gasteiger partial charge in [-0.2, -0.15) is 5.10 Å². The molecule has 17 heavy (non-hydrogen) atoms. The fourth-order valence-electron chi connectivity index (χ4n) is 2.33. The molecule has 90 valence electrons. The molecule has 0 unspecified atom stereocenters. The van der Waals surface area contributed by atoms with E-state index < -0.39 is 0 Å². The van der Waals surface area contributed by atoms with E-state index >= 15 is 0 Å². The number of aliphatic hydroxyl groups is 1. The maximum absolute atomic E-state index is 9.37. The Hall–Kier alpha value is -1.69. The van der Waals surface area contributed by atoms with Crippen LogP contribution in [0.2, 0.25) is 0 Å². The first-order chi connectivity index (χ1) is 8.20. The highest BCUT2D eigenvalue weighted by molar-refractivity contribution is 5.88. The third-order valence-electron chi connectivity index (χ3n) is 3.36. The lowest BCUT2D eigenvalue weighted by molar-refractivity contribution is 0.0449. The van der Waals surface area contributed by atoms with Crippen LogP contribution in [-0.4, -0.2) is 31.0 Å². The number of anilines is 1. The van der Waals surface area contributed by atoms with E-state index in [9.17, 15) is 5.11 Å². The molecule has 0 saturated heterocycles. The van der Waals surface area contributed by atoms with E-state index in [0.717, 1.165) is 36.0 Å². The molecule has 2 heterocycles. The molecule has 2 aromatic heterocycles. The van der Waals surface area contributed by atoms with Gasteiger partial charge in [-0.15, -0.1) is 0 Å². The SMILES string of the molecule is CCc1nn(C2CC(O)C2)c2ncnc(N)c12. The summed E-state index contributed by atoms with van der Waals surface area (Å²) in [6, 6.07) is 0.238. The number of nitrogens with zero attached hydrogens (tertiary/aromatic N) is 4. The van der Waals surface area contributed by atoms with Crippen LogP contribution in [0, 0.1) is 0 Å². The number of hydrogen-bond donors (Lipinski definition) is 2. The molecule has 3 rings (SSSR count). The maximum atomic E-state index is 9.37. The topological polar surface area (TPSA) is 89.8 Å². The van der Waals surface area contributed by atoms with Gasteiger partial charge in [0.1, 0.15) is 12.1 Å². The molecular weight excluding hydrogens is 218 g/mol. The van der Waals surface area contributed by atoms with Crippen molar-refractivity contribution < 1.29 is 5.11 Å². The van der Waals surface area contributed by atoms with Crippen molar-refractivity contribution in [3.8, 4) is 0 Å². The summed E-state index contributed by atoms with van der Waals surface area (Å²) in [5.41, 5.74) is 7.59. The van der Waals surface area contributed by atoms with Crippen LogP contribution in [0.15, 0.2) is 6.33 Å². The van der Waals surface area contributed by atoms with Crippen LogP contribution < -0.4 is 5.73 Å². The molecule has 6 heteroatoms. The van der Waals surface area contributed by atoms with Crippen LogP contribution >= 0.6 is 0 Å². The lowest BCUT2D eigenvalue weighted by Crippen LogP contribution is -2.31. The van der Waals surface area contributed by atoms with E-state index in [2.05, 4.69) is 15.1 Å². The lowest BCUT2D eigenvalue weighted by atomic mass is 9.90. The van der Waals surface area contributed by atoms with Gasteiger partial charge in [0.05, 0.1) is 23.2 Å². The Kier molecular flexibility index (Phi) is 2.25. The molecule has 1 fully saturated rings. The van der Waals surface area contributed by atoms with Crippen LogP contribution in [0.4, 0.5) is 5.82 Å². The fraction of sp³-hybridized carbons (Fsp3) is 0.545. The second kappa shape index (κ2) is 3.66. The molecular formula is C11H15N5O. The number of aromatic nitrogens is 4. The van der Waals surface area contributed by atoms with Crippen molar-refractivity contribution in [1.29, 1.82) is 0 Å². The highest BCUT2D eigenvalue weighted by Gasteiger charge is 2.31. The van der Waals surface area contributed by atoms with Gasteiger partial charge in [-0.3, -0.25) is 0 Å². The Labute approximate surface area is 98.5 Å². The summed E-state index contributed by atoms with van der Waals surface area (Å²) in [4.78, 5) is 8.28. The van der Waals surface area contributed by atoms with Crippen LogP contribution in [0.1, 0.15) is 31.5 Å². The Balaban J connectivity index is 2.16. The van der Waals surface area contributed by atoms with Crippen LogP contribution in [0.5, 0.6) is 0 Å². The van der Waals surface area contributed by atoms with E-state index in [-0.39, 0.29) is 12.1 Å². The minimum atomic E-state index is -0.205. The zero-order chi connectivity index (χ0) is 12.0.